The molecule has 2 heterocycles. The number of nitrogens with zero attached hydrogens (tertiary/aromatic N) is 1. The minimum absolute atomic E-state index is 0.228. The first-order chi connectivity index (χ1) is 15.2. The van der Waals surface area contributed by atoms with Crippen molar-refractivity contribution in [3.8, 4) is 5.75 Å². The summed E-state index contributed by atoms with van der Waals surface area (Å²) >= 11 is 1.62. The van der Waals surface area contributed by atoms with Crippen LogP contribution in [-0.2, 0) is 18.7 Å². The SMILES string of the molecule is Cc1c(CSc2ccc(F)cc2)oc2cccc(OCCCc3ncccc3CN)c12. The van der Waals surface area contributed by atoms with Crippen LogP contribution in [0.4, 0.5) is 4.39 Å². The van der Waals surface area contributed by atoms with Gasteiger partial charge in [-0.15, -0.1) is 11.8 Å². The zero-order valence-corrected chi connectivity index (χ0v) is 18.3. The number of furan rings is 1. The van der Waals surface area contributed by atoms with Crippen molar-refractivity contribution >= 4 is 22.7 Å². The second-order valence-corrected chi connectivity index (χ2v) is 8.34. The smallest absolute Gasteiger partial charge is 0.138 e. The molecule has 0 unspecified atom stereocenters. The molecule has 2 N–H and O–H groups in total. The summed E-state index contributed by atoms with van der Waals surface area (Å²) in [4.78, 5) is 5.44. The van der Waals surface area contributed by atoms with E-state index in [1.165, 1.54) is 12.1 Å². The molecule has 0 atom stereocenters. The molecule has 2 aromatic heterocycles. The molecule has 160 valence electrons. The molecule has 4 rings (SSSR count). The number of hydrogen-bond donors (Lipinski definition) is 1. The summed E-state index contributed by atoms with van der Waals surface area (Å²) in [6, 6.07) is 16.3. The zero-order valence-electron chi connectivity index (χ0n) is 17.4. The summed E-state index contributed by atoms with van der Waals surface area (Å²) in [5.74, 6) is 2.18. The second-order valence-electron chi connectivity index (χ2n) is 7.29. The second kappa shape index (κ2) is 9.98. The van der Waals surface area contributed by atoms with Gasteiger partial charge >= 0.3 is 0 Å². The molecular weight excluding hydrogens is 411 g/mol. The van der Waals surface area contributed by atoms with Crippen LogP contribution in [0.1, 0.15) is 29.0 Å². The van der Waals surface area contributed by atoms with E-state index in [4.69, 9.17) is 14.9 Å². The van der Waals surface area contributed by atoms with Crippen LogP contribution in [0.2, 0.25) is 0 Å². The van der Waals surface area contributed by atoms with Crippen LogP contribution >= 0.6 is 11.8 Å². The third-order valence-electron chi connectivity index (χ3n) is 5.22. The molecule has 0 aliphatic heterocycles. The summed E-state index contributed by atoms with van der Waals surface area (Å²) in [5.41, 5.74) is 9.81. The lowest BCUT2D eigenvalue weighted by Crippen LogP contribution is -2.06. The van der Waals surface area contributed by atoms with Crippen molar-refractivity contribution in [1.29, 1.82) is 0 Å². The number of rotatable bonds is 9. The van der Waals surface area contributed by atoms with Crippen LogP contribution in [0.3, 0.4) is 0 Å². The first-order valence-corrected chi connectivity index (χ1v) is 11.3. The van der Waals surface area contributed by atoms with E-state index in [9.17, 15) is 4.39 Å². The highest BCUT2D eigenvalue weighted by Crippen LogP contribution is 2.36. The Morgan fingerprint density at radius 1 is 1.10 bits per heavy atom. The molecule has 2 aromatic carbocycles. The lowest BCUT2D eigenvalue weighted by atomic mass is 10.1. The van der Waals surface area contributed by atoms with Gasteiger partial charge in [-0.1, -0.05) is 12.1 Å². The minimum atomic E-state index is -0.228. The fraction of sp³-hybridized carbons (Fsp3) is 0.240. The third-order valence-corrected chi connectivity index (χ3v) is 6.23. The van der Waals surface area contributed by atoms with Crippen molar-refractivity contribution in [2.45, 2.75) is 37.0 Å². The number of nitrogens with two attached hydrogens (primary N) is 1. The largest absolute Gasteiger partial charge is 0.493 e. The van der Waals surface area contributed by atoms with Crippen LogP contribution in [-0.4, -0.2) is 11.6 Å². The number of aryl methyl sites for hydroxylation is 2. The number of aromatic nitrogens is 1. The Balaban J connectivity index is 1.42. The molecule has 0 saturated carbocycles. The Morgan fingerprint density at radius 2 is 1.94 bits per heavy atom. The number of thioether (sulfide) groups is 1. The molecule has 0 saturated heterocycles. The van der Waals surface area contributed by atoms with Gasteiger partial charge in [0.2, 0.25) is 0 Å². The van der Waals surface area contributed by atoms with Crippen LogP contribution < -0.4 is 10.5 Å². The van der Waals surface area contributed by atoms with E-state index < -0.39 is 0 Å². The van der Waals surface area contributed by atoms with Crippen LogP contribution in [0, 0.1) is 12.7 Å². The Hall–Kier alpha value is -2.83. The summed E-state index contributed by atoms with van der Waals surface area (Å²) < 4.78 is 25.3. The molecule has 31 heavy (non-hydrogen) atoms. The van der Waals surface area contributed by atoms with E-state index in [2.05, 4.69) is 11.9 Å². The Labute approximate surface area is 185 Å². The summed E-state index contributed by atoms with van der Waals surface area (Å²) in [6.07, 6.45) is 3.48. The predicted molar refractivity (Wildman–Crippen MR) is 123 cm³/mol. The average Bonchev–Trinajstić information content (AvgIpc) is 3.13. The van der Waals surface area contributed by atoms with E-state index in [1.54, 1.807) is 30.1 Å². The van der Waals surface area contributed by atoms with E-state index in [-0.39, 0.29) is 5.82 Å². The van der Waals surface area contributed by atoms with Crippen molar-refractivity contribution in [2.75, 3.05) is 6.61 Å². The summed E-state index contributed by atoms with van der Waals surface area (Å²) in [7, 11) is 0. The van der Waals surface area contributed by atoms with Gasteiger partial charge in [0, 0.05) is 28.9 Å². The van der Waals surface area contributed by atoms with Crippen molar-refractivity contribution < 1.29 is 13.5 Å². The number of benzene rings is 2. The van der Waals surface area contributed by atoms with Crippen LogP contribution in [0.15, 0.2) is 70.1 Å². The molecule has 4 aromatic rings. The van der Waals surface area contributed by atoms with E-state index in [0.29, 0.717) is 18.9 Å². The Bertz CT molecular complexity index is 1160. The maximum Gasteiger partial charge on any atom is 0.138 e. The number of pyridine rings is 1. The topological polar surface area (TPSA) is 61.3 Å². The normalized spacial score (nSPS) is 11.2. The molecule has 6 heteroatoms. The van der Waals surface area contributed by atoms with Crippen molar-refractivity contribution in [2.24, 2.45) is 5.73 Å². The number of fused-ring (bicyclic) bond motifs is 1. The highest BCUT2D eigenvalue weighted by Gasteiger charge is 2.15. The molecule has 0 radical (unpaired) electrons. The van der Waals surface area contributed by atoms with E-state index in [0.717, 1.165) is 57.0 Å². The summed E-state index contributed by atoms with van der Waals surface area (Å²) in [6.45, 7) is 3.14. The fourth-order valence-electron chi connectivity index (χ4n) is 3.56. The number of ether oxygens (including phenoxy) is 1. The molecule has 0 amide bonds. The minimum Gasteiger partial charge on any atom is -0.493 e. The molecule has 0 aliphatic carbocycles. The monoisotopic (exact) mass is 436 g/mol. The fourth-order valence-corrected chi connectivity index (χ4v) is 4.46. The molecule has 0 aliphatic rings. The summed E-state index contributed by atoms with van der Waals surface area (Å²) in [5, 5.41) is 1.01. The van der Waals surface area contributed by atoms with Crippen LogP contribution in [0.5, 0.6) is 5.75 Å². The highest BCUT2D eigenvalue weighted by molar-refractivity contribution is 7.98. The van der Waals surface area contributed by atoms with Gasteiger partial charge in [0.05, 0.1) is 17.7 Å². The van der Waals surface area contributed by atoms with Gasteiger partial charge in [0.15, 0.2) is 0 Å². The van der Waals surface area contributed by atoms with E-state index in [1.807, 2.05) is 30.3 Å². The molecule has 4 nitrogen and oxygen atoms in total. The van der Waals surface area contributed by atoms with Gasteiger partial charge in [-0.25, -0.2) is 4.39 Å². The highest BCUT2D eigenvalue weighted by atomic mass is 32.2. The van der Waals surface area contributed by atoms with Gasteiger partial charge in [-0.2, -0.15) is 0 Å². The maximum absolute atomic E-state index is 13.1. The predicted octanol–water partition coefficient (Wildman–Crippen LogP) is 6.04. The Kier molecular flexibility index (Phi) is 6.89. The molecular formula is C25H25FN2O2S. The Morgan fingerprint density at radius 3 is 2.74 bits per heavy atom. The standard InChI is InChI=1S/C25H25FN2O2S/c1-17-24(16-31-20-11-9-19(26)10-12-20)30-23-8-2-7-22(25(17)23)29-14-4-6-21-18(15-27)5-3-13-28-21/h2-3,5,7-13H,4,6,14-16,27H2,1H3. The van der Waals surface area contributed by atoms with Crippen molar-refractivity contribution in [1.82, 2.24) is 4.98 Å². The number of halogens is 1. The maximum atomic E-state index is 13.1. The van der Waals surface area contributed by atoms with Gasteiger partial charge in [0.25, 0.3) is 0 Å². The zero-order chi connectivity index (χ0) is 21.6. The third kappa shape index (κ3) is 5.09. The van der Waals surface area contributed by atoms with E-state index >= 15 is 0 Å². The lowest BCUT2D eigenvalue weighted by molar-refractivity contribution is 0.314. The van der Waals surface area contributed by atoms with Gasteiger partial charge in [-0.3, -0.25) is 4.98 Å². The van der Waals surface area contributed by atoms with Gasteiger partial charge in [0.1, 0.15) is 22.9 Å². The quantitative estimate of drug-likeness (QED) is 0.256. The average molecular weight is 437 g/mol. The molecule has 0 spiro atoms. The molecule has 0 bridgehead atoms. The first kappa shape index (κ1) is 21.4. The van der Waals surface area contributed by atoms with Crippen molar-refractivity contribution in [3.05, 3.63) is 89.2 Å². The van der Waals surface area contributed by atoms with Crippen LogP contribution in [0.25, 0.3) is 11.0 Å². The molecule has 0 fully saturated rings. The number of hydrogen-bond acceptors (Lipinski definition) is 5. The first-order valence-electron chi connectivity index (χ1n) is 10.3. The van der Waals surface area contributed by atoms with Gasteiger partial charge in [-0.05, 0) is 67.8 Å². The lowest BCUT2D eigenvalue weighted by Gasteiger charge is -2.09. The van der Waals surface area contributed by atoms with Crippen molar-refractivity contribution in [3.63, 3.8) is 0 Å². The van der Waals surface area contributed by atoms with Gasteiger partial charge < -0.3 is 14.9 Å².